The van der Waals surface area contributed by atoms with Gasteiger partial charge in [-0.2, -0.15) is 13.2 Å². The van der Waals surface area contributed by atoms with Crippen LogP contribution >= 0.6 is 0 Å². The Morgan fingerprint density at radius 3 is 2.46 bits per heavy atom. The van der Waals surface area contributed by atoms with Crippen LogP contribution in [0.3, 0.4) is 0 Å². The number of hydrogen-bond donors (Lipinski definition) is 1. The van der Waals surface area contributed by atoms with E-state index in [0.29, 0.717) is 12.3 Å². The second kappa shape index (κ2) is 6.49. The molecule has 1 aromatic heterocycles. The van der Waals surface area contributed by atoms with Gasteiger partial charge in [-0.3, -0.25) is 0 Å². The summed E-state index contributed by atoms with van der Waals surface area (Å²) in [6.07, 6.45) is -2.21. The van der Waals surface area contributed by atoms with Gasteiger partial charge in [-0.25, -0.2) is 0 Å². The van der Waals surface area contributed by atoms with Gasteiger partial charge in [0, 0.05) is 16.6 Å². The minimum absolute atomic E-state index is 0.432. The van der Waals surface area contributed by atoms with Gasteiger partial charge in [0.25, 0.3) is 0 Å². The quantitative estimate of drug-likeness (QED) is 0.507. The number of aromatic nitrogens is 1. The summed E-state index contributed by atoms with van der Waals surface area (Å²) in [5, 5.41) is 0.921. The van der Waals surface area contributed by atoms with E-state index in [1.54, 1.807) is 0 Å². The predicted molar refractivity (Wildman–Crippen MR) is 99.2 cm³/mol. The lowest BCUT2D eigenvalue weighted by atomic mass is 9.86. The van der Waals surface area contributed by atoms with Crippen LogP contribution in [0.4, 0.5) is 13.2 Å². The Kier molecular flexibility index (Phi) is 4.29. The molecule has 1 aliphatic carbocycles. The second-order valence-electron chi connectivity index (χ2n) is 7.52. The minimum Gasteiger partial charge on any atom is -0.354 e. The zero-order valence-electron chi connectivity index (χ0n) is 14.7. The van der Waals surface area contributed by atoms with E-state index in [2.05, 4.69) is 4.98 Å². The molecular formula is C22H22F3N. The number of aromatic amines is 1. The third-order valence-corrected chi connectivity index (χ3v) is 5.26. The first-order valence-corrected chi connectivity index (χ1v) is 9.15. The Balaban J connectivity index is 1.89. The summed E-state index contributed by atoms with van der Waals surface area (Å²) < 4.78 is 40.1. The molecule has 0 unspecified atom stereocenters. The lowest BCUT2D eigenvalue weighted by Gasteiger charge is -2.20. The first-order valence-electron chi connectivity index (χ1n) is 9.15. The van der Waals surface area contributed by atoms with Crippen LogP contribution in [-0.2, 0) is 0 Å². The molecule has 136 valence electrons. The lowest BCUT2D eigenvalue weighted by molar-refractivity contribution is -0.139. The largest absolute Gasteiger partial charge is 0.389 e. The number of rotatable bonds is 5. The Labute approximate surface area is 151 Å². The molecule has 0 amide bonds. The molecule has 0 saturated heterocycles. The molecule has 2 aromatic carbocycles. The molecule has 1 aliphatic rings. The molecule has 1 heterocycles. The normalized spacial score (nSPS) is 16.2. The fourth-order valence-corrected chi connectivity index (χ4v) is 3.93. The number of alkyl halides is 3. The Morgan fingerprint density at radius 1 is 1.08 bits per heavy atom. The molecule has 0 aliphatic heterocycles. The van der Waals surface area contributed by atoms with Crippen molar-refractivity contribution < 1.29 is 13.2 Å². The summed E-state index contributed by atoms with van der Waals surface area (Å²) in [4.78, 5) is 3.41. The number of H-pyrrole nitrogens is 1. The van der Waals surface area contributed by atoms with Crippen molar-refractivity contribution in [2.24, 2.45) is 5.92 Å². The molecule has 26 heavy (non-hydrogen) atoms. The van der Waals surface area contributed by atoms with Crippen molar-refractivity contribution >= 4 is 10.9 Å². The van der Waals surface area contributed by atoms with Crippen LogP contribution in [0.5, 0.6) is 0 Å². The predicted octanol–water partition coefficient (Wildman–Crippen LogP) is 6.98. The maximum atomic E-state index is 13.4. The van der Waals surface area contributed by atoms with Crippen LogP contribution in [0.15, 0.2) is 48.5 Å². The number of benzene rings is 2. The van der Waals surface area contributed by atoms with Crippen LogP contribution in [0.2, 0.25) is 0 Å². The standard InChI is InChI=1S/C22H22F3N/c1-14-7-10-18-19(11-14)26-21(16-5-3-2-4-6-16)20(18)17(12-15-8-9-15)13-22(23,24)25/h2-7,10-11,15,17,26H,8-9,12-13H2,1H3/t17-/m1/s1. The molecule has 1 nitrogen and oxygen atoms in total. The highest BCUT2D eigenvalue weighted by Gasteiger charge is 2.38. The highest BCUT2D eigenvalue weighted by atomic mass is 19.4. The topological polar surface area (TPSA) is 15.8 Å². The molecular weight excluding hydrogens is 335 g/mol. The maximum Gasteiger partial charge on any atom is 0.389 e. The molecule has 0 radical (unpaired) electrons. The number of aryl methyl sites for hydroxylation is 1. The van der Waals surface area contributed by atoms with E-state index in [-0.39, 0.29) is 0 Å². The van der Waals surface area contributed by atoms with Gasteiger partial charge in [0.1, 0.15) is 0 Å². The van der Waals surface area contributed by atoms with Crippen molar-refractivity contribution in [3.05, 3.63) is 59.7 Å². The zero-order valence-corrected chi connectivity index (χ0v) is 14.7. The molecule has 1 N–H and O–H groups in total. The third-order valence-electron chi connectivity index (χ3n) is 5.26. The number of nitrogens with one attached hydrogen (secondary N) is 1. The summed E-state index contributed by atoms with van der Waals surface area (Å²) in [7, 11) is 0. The smallest absolute Gasteiger partial charge is 0.354 e. The van der Waals surface area contributed by atoms with E-state index < -0.39 is 18.5 Å². The fraction of sp³-hybridized carbons (Fsp3) is 0.364. The van der Waals surface area contributed by atoms with Crippen molar-refractivity contribution in [3.8, 4) is 11.3 Å². The molecule has 1 fully saturated rings. The monoisotopic (exact) mass is 357 g/mol. The number of hydrogen-bond acceptors (Lipinski definition) is 0. The highest BCUT2D eigenvalue weighted by molar-refractivity contribution is 5.91. The fourth-order valence-electron chi connectivity index (χ4n) is 3.93. The third kappa shape index (κ3) is 3.64. The highest BCUT2D eigenvalue weighted by Crippen LogP contribution is 2.47. The van der Waals surface area contributed by atoms with Crippen molar-refractivity contribution in [1.82, 2.24) is 4.98 Å². The van der Waals surface area contributed by atoms with E-state index in [4.69, 9.17) is 0 Å². The SMILES string of the molecule is Cc1ccc2c([C@H](CC3CC3)CC(F)(F)F)c(-c3ccccc3)[nH]c2c1. The molecule has 0 bridgehead atoms. The van der Waals surface area contributed by atoms with Crippen molar-refractivity contribution in [2.75, 3.05) is 0 Å². The molecule has 0 spiro atoms. The molecule has 1 saturated carbocycles. The van der Waals surface area contributed by atoms with Gasteiger partial charge < -0.3 is 4.98 Å². The van der Waals surface area contributed by atoms with Crippen LogP contribution in [-0.4, -0.2) is 11.2 Å². The molecule has 4 rings (SSSR count). The molecule has 4 heteroatoms. The van der Waals surface area contributed by atoms with Gasteiger partial charge in [-0.15, -0.1) is 0 Å². The van der Waals surface area contributed by atoms with Gasteiger partial charge in [-0.1, -0.05) is 55.3 Å². The van der Waals surface area contributed by atoms with E-state index in [9.17, 15) is 13.2 Å². The number of halogens is 3. The van der Waals surface area contributed by atoms with Crippen LogP contribution in [0.1, 0.15) is 42.7 Å². The summed E-state index contributed by atoms with van der Waals surface area (Å²) in [6, 6.07) is 15.7. The zero-order chi connectivity index (χ0) is 18.3. The van der Waals surface area contributed by atoms with Crippen molar-refractivity contribution in [3.63, 3.8) is 0 Å². The number of fused-ring (bicyclic) bond motifs is 1. The summed E-state index contributed by atoms with van der Waals surface area (Å²) in [6.45, 7) is 2.00. The summed E-state index contributed by atoms with van der Waals surface area (Å²) in [5.74, 6) is -0.0736. The summed E-state index contributed by atoms with van der Waals surface area (Å²) in [5.41, 5.74) is 4.62. The van der Waals surface area contributed by atoms with Gasteiger partial charge in [0.05, 0.1) is 6.42 Å². The van der Waals surface area contributed by atoms with Crippen molar-refractivity contribution in [1.29, 1.82) is 0 Å². The first kappa shape index (κ1) is 17.2. The maximum absolute atomic E-state index is 13.4. The van der Waals surface area contributed by atoms with E-state index in [0.717, 1.165) is 46.1 Å². The van der Waals surface area contributed by atoms with Crippen molar-refractivity contribution in [2.45, 2.75) is 44.7 Å². The lowest BCUT2D eigenvalue weighted by Crippen LogP contribution is -2.15. The molecule has 1 atom stereocenters. The van der Waals surface area contributed by atoms with E-state index in [1.807, 2.05) is 55.5 Å². The summed E-state index contributed by atoms with van der Waals surface area (Å²) >= 11 is 0. The van der Waals surface area contributed by atoms with Gasteiger partial charge in [-0.05, 0) is 47.9 Å². The minimum atomic E-state index is -4.16. The van der Waals surface area contributed by atoms with Crippen LogP contribution < -0.4 is 0 Å². The van der Waals surface area contributed by atoms with Gasteiger partial charge in [0.15, 0.2) is 0 Å². The first-order chi connectivity index (χ1) is 12.4. The van der Waals surface area contributed by atoms with Gasteiger partial charge in [0.2, 0.25) is 0 Å². The Bertz CT molecular complexity index is 904. The Hall–Kier alpha value is -2.23. The Morgan fingerprint density at radius 2 is 1.81 bits per heavy atom. The average molecular weight is 357 g/mol. The van der Waals surface area contributed by atoms with Gasteiger partial charge >= 0.3 is 6.18 Å². The van der Waals surface area contributed by atoms with E-state index >= 15 is 0 Å². The molecule has 3 aromatic rings. The van der Waals surface area contributed by atoms with E-state index in [1.165, 1.54) is 0 Å². The van der Waals surface area contributed by atoms with Crippen LogP contribution in [0, 0.1) is 12.8 Å². The van der Waals surface area contributed by atoms with Crippen LogP contribution in [0.25, 0.3) is 22.2 Å². The average Bonchev–Trinajstić information content (AvgIpc) is 3.31. The second-order valence-corrected chi connectivity index (χ2v) is 7.52.